The third kappa shape index (κ3) is 3.88. The minimum atomic E-state index is -0.0817. The number of aliphatic hydroxyl groups excluding tert-OH is 1. The van der Waals surface area contributed by atoms with E-state index in [0.717, 1.165) is 54.1 Å². The van der Waals surface area contributed by atoms with Crippen molar-refractivity contribution in [3.63, 3.8) is 0 Å². The standard InChI is InChI=1S/C27H46OS/c1-18(17-29)6-5-7-19(2)23-10-11-24-22-9-8-20-16-21(28)12-14-26(20,3)25(22)13-15-27(23,24)4/h8,18-19,21-25,28-29H,5-7,9-17H2,1-4H3/t18?,19-,21+,22+,23-,24+,25+,26+,27-/m1/s1. The van der Waals surface area contributed by atoms with Gasteiger partial charge in [0.25, 0.3) is 0 Å². The van der Waals surface area contributed by atoms with Gasteiger partial charge in [-0.1, -0.05) is 52.2 Å². The van der Waals surface area contributed by atoms with Crippen LogP contribution in [0.15, 0.2) is 11.6 Å². The van der Waals surface area contributed by atoms with E-state index in [-0.39, 0.29) is 6.10 Å². The summed E-state index contributed by atoms with van der Waals surface area (Å²) in [5, 5.41) is 10.2. The van der Waals surface area contributed by atoms with Crippen molar-refractivity contribution < 1.29 is 5.11 Å². The van der Waals surface area contributed by atoms with E-state index in [4.69, 9.17) is 0 Å². The zero-order chi connectivity index (χ0) is 20.8. The van der Waals surface area contributed by atoms with Crippen molar-refractivity contribution in [2.75, 3.05) is 5.75 Å². The van der Waals surface area contributed by atoms with Gasteiger partial charge in [0.05, 0.1) is 6.10 Å². The molecule has 166 valence electrons. The molecule has 0 spiro atoms. The lowest BCUT2D eigenvalue weighted by Gasteiger charge is -2.58. The second kappa shape index (κ2) is 8.53. The fourth-order valence-electron chi connectivity index (χ4n) is 8.70. The second-order valence-electron chi connectivity index (χ2n) is 12.1. The van der Waals surface area contributed by atoms with Gasteiger partial charge in [-0.15, -0.1) is 0 Å². The molecule has 0 heterocycles. The lowest BCUT2D eigenvalue weighted by Crippen LogP contribution is -2.50. The van der Waals surface area contributed by atoms with Crippen LogP contribution in [-0.4, -0.2) is 17.0 Å². The van der Waals surface area contributed by atoms with Crippen LogP contribution in [0.2, 0.25) is 0 Å². The van der Waals surface area contributed by atoms with Gasteiger partial charge in [0, 0.05) is 0 Å². The van der Waals surface area contributed by atoms with Crippen molar-refractivity contribution in [3.8, 4) is 0 Å². The average Bonchev–Trinajstić information content (AvgIpc) is 3.05. The first-order valence-corrected chi connectivity index (χ1v) is 13.4. The Hall–Kier alpha value is 0.0500. The molecule has 0 bridgehead atoms. The summed E-state index contributed by atoms with van der Waals surface area (Å²) >= 11 is 4.47. The largest absolute Gasteiger partial charge is 0.393 e. The minimum Gasteiger partial charge on any atom is -0.393 e. The number of aliphatic hydroxyl groups is 1. The van der Waals surface area contributed by atoms with Crippen molar-refractivity contribution in [3.05, 3.63) is 11.6 Å². The van der Waals surface area contributed by atoms with Gasteiger partial charge >= 0.3 is 0 Å². The highest BCUT2D eigenvalue weighted by Gasteiger charge is 2.59. The number of rotatable bonds is 6. The van der Waals surface area contributed by atoms with Crippen molar-refractivity contribution >= 4 is 12.6 Å². The van der Waals surface area contributed by atoms with Crippen LogP contribution in [0.25, 0.3) is 0 Å². The molecule has 4 aliphatic carbocycles. The molecule has 0 aliphatic heterocycles. The minimum absolute atomic E-state index is 0.0817. The van der Waals surface area contributed by atoms with Crippen LogP contribution in [0.3, 0.4) is 0 Å². The molecule has 0 aromatic carbocycles. The van der Waals surface area contributed by atoms with Crippen LogP contribution >= 0.6 is 12.6 Å². The molecule has 1 nitrogen and oxygen atoms in total. The summed E-state index contributed by atoms with van der Waals surface area (Å²) in [5.74, 6) is 6.33. The van der Waals surface area contributed by atoms with E-state index in [0.29, 0.717) is 10.8 Å². The zero-order valence-electron chi connectivity index (χ0n) is 19.5. The summed E-state index contributed by atoms with van der Waals surface area (Å²) in [6.07, 6.45) is 17.0. The summed E-state index contributed by atoms with van der Waals surface area (Å²) < 4.78 is 0. The Morgan fingerprint density at radius 1 is 1.07 bits per heavy atom. The number of fused-ring (bicyclic) bond motifs is 5. The Kier molecular flexibility index (Phi) is 6.55. The van der Waals surface area contributed by atoms with Gasteiger partial charge in [-0.25, -0.2) is 0 Å². The summed E-state index contributed by atoms with van der Waals surface area (Å²) in [6.45, 7) is 10.2. The van der Waals surface area contributed by atoms with Crippen LogP contribution in [0.5, 0.6) is 0 Å². The van der Waals surface area contributed by atoms with Crippen LogP contribution in [0.4, 0.5) is 0 Å². The smallest absolute Gasteiger partial charge is 0.0577 e. The Morgan fingerprint density at radius 2 is 1.86 bits per heavy atom. The maximum Gasteiger partial charge on any atom is 0.0577 e. The first kappa shape index (κ1) is 22.3. The van der Waals surface area contributed by atoms with E-state index in [2.05, 4.69) is 46.4 Å². The highest BCUT2D eigenvalue weighted by Crippen LogP contribution is 2.67. The van der Waals surface area contributed by atoms with Crippen molar-refractivity contribution in [2.24, 2.45) is 46.3 Å². The van der Waals surface area contributed by atoms with Crippen LogP contribution in [0.1, 0.15) is 98.3 Å². The molecule has 0 saturated heterocycles. The highest BCUT2D eigenvalue weighted by atomic mass is 32.1. The van der Waals surface area contributed by atoms with Crippen LogP contribution in [0, 0.1) is 46.3 Å². The second-order valence-corrected chi connectivity index (χ2v) is 12.4. The average molecular weight is 419 g/mol. The van der Waals surface area contributed by atoms with E-state index in [9.17, 15) is 5.11 Å². The predicted octanol–water partition coefficient (Wildman–Crippen LogP) is 7.30. The van der Waals surface area contributed by atoms with E-state index < -0.39 is 0 Å². The summed E-state index contributed by atoms with van der Waals surface area (Å²) in [7, 11) is 0. The van der Waals surface area contributed by atoms with Gasteiger partial charge in [0.2, 0.25) is 0 Å². The molecule has 3 saturated carbocycles. The third-order valence-corrected chi connectivity index (χ3v) is 11.1. The maximum atomic E-state index is 10.2. The number of thiol groups is 1. The Labute approximate surface area is 185 Å². The number of allylic oxidation sites excluding steroid dienone is 1. The molecule has 2 heteroatoms. The lowest BCUT2D eigenvalue weighted by atomic mass is 9.47. The molecule has 9 atom stereocenters. The molecule has 3 fully saturated rings. The number of hydrogen-bond donors (Lipinski definition) is 2. The first-order valence-electron chi connectivity index (χ1n) is 12.8. The van der Waals surface area contributed by atoms with E-state index in [1.54, 1.807) is 5.57 Å². The normalized spacial score (nSPS) is 46.3. The Morgan fingerprint density at radius 3 is 2.62 bits per heavy atom. The molecule has 29 heavy (non-hydrogen) atoms. The molecule has 1 N–H and O–H groups in total. The zero-order valence-corrected chi connectivity index (χ0v) is 20.4. The number of hydrogen-bond acceptors (Lipinski definition) is 2. The van der Waals surface area contributed by atoms with Crippen LogP contribution in [-0.2, 0) is 0 Å². The lowest BCUT2D eigenvalue weighted by molar-refractivity contribution is -0.0573. The first-order chi connectivity index (χ1) is 13.8. The molecule has 0 amide bonds. The molecule has 4 rings (SSSR count). The fraction of sp³-hybridized carbons (Fsp3) is 0.926. The van der Waals surface area contributed by atoms with E-state index >= 15 is 0 Å². The topological polar surface area (TPSA) is 20.2 Å². The summed E-state index contributed by atoms with van der Waals surface area (Å²) in [5.41, 5.74) is 2.57. The fourth-order valence-corrected chi connectivity index (χ4v) is 8.88. The SMILES string of the molecule is CC(CS)CCC[C@@H](C)[C@H]1CC[C@H]2[C@@H]3CC=C4C[C@@H](O)CC[C@]4(C)[C@H]3CC[C@]12C. The van der Waals surface area contributed by atoms with Gasteiger partial charge in [-0.2, -0.15) is 12.6 Å². The van der Waals surface area contributed by atoms with Gasteiger partial charge in [0.15, 0.2) is 0 Å². The van der Waals surface area contributed by atoms with E-state index in [1.165, 1.54) is 57.8 Å². The maximum absolute atomic E-state index is 10.2. The quantitative estimate of drug-likeness (QED) is 0.342. The van der Waals surface area contributed by atoms with Crippen LogP contribution < -0.4 is 0 Å². The Bertz CT molecular complexity index is 614. The third-order valence-electron chi connectivity index (χ3n) is 10.5. The van der Waals surface area contributed by atoms with Gasteiger partial charge in [-0.05, 0) is 110 Å². The van der Waals surface area contributed by atoms with Crippen molar-refractivity contribution in [1.29, 1.82) is 0 Å². The summed E-state index contributed by atoms with van der Waals surface area (Å²) in [6, 6.07) is 0. The highest BCUT2D eigenvalue weighted by molar-refractivity contribution is 7.80. The molecule has 4 aliphatic rings. The van der Waals surface area contributed by atoms with Gasteiger partial charge < -0.3 is 5.11 Å². The molecule has 0 radical (unpaired) electrons. The monoisotopic (exact) mass is 418 g/mol. The van der Waals surface area contributed by atoms with Gasteiger partial charge in [-0.3, -0.25) is 0 Å². The van der Waals surface area contributed by atoms with E-state index in [1.807, 2.05) is 0 Å². The summed E-state index contributed by atoms with van der Waals surface area (Å²) in [4.78, 5) is 0. The van der Waals surface area contributed by atoms with Gasteiger partial charge in [0.1, 0.15) is 0 Å². The van der Waals surface area contributed by atoms with Crippen molar-refractivity contribution in [1.82, 2.24) is 0 Å². The predicted molar refractivity (Wildman–Crippen MR) is 127 cm³/mol. The molecular formula is C27H46OS. The molecule has 1 unspecified atom stereocenters. The van der Waals surface area contributed by atoms with Crippen molar-refractivity contribution in [2.45, 2.75) is 104 Å². The Balaban J connectivity index is 1.46. The molecule has 0 aromatic rings. The molecule has 0 aromatic heterocycles. The molecular weight excluding hydrogens is 372 g/mol.